The zero-order valence-electron chi connectivity index (χ0n) is 16.1. The van der Waals surface area contributed by atoms with Gasteiger partial charge in [-0.2, -0.15) is 0 Å². The highest BCUT2D eigenvalue weighted by Crippen LogP contribution is 2.39. The Morgan fingerprint density at radius 2 is 1.72 bits per heavy atom. The first-order valence-corrected chi connectivity index (χ1v) is 9.20. The van der Waals surface area contributed by atoms with Crippen LogP contribution in [0.25, 0.3) is 27.4 Å². The minimum Gasteiger partial charge on any atom is -0.507 e. The molecule has 4 aromatic rings. The van der Waals surface area contributed by atoms with E-state index >= 15 is 0 Å². The van der Waals surface area contributed by atoms with Crippen LogP contribution in [0.1, 0.15) is 16.1 Å². The number of carbonyl (C=O) groups excluding carboxylic acids is 1. The predicted molar refractivity (Wildman–Crippen MR) is 109 cm³/mol. The Labute approximate surface area is 166 Å². The van der Waals surface area contributed by atoms with Gasteiger partial charge in [0.2, 0.25) is 0 Å². The zero-order chi connectivity index (χ0) is 20.5. The first-order valence-electron chi connectivity index (χ1n) is 9.20. The average molecular weight is 393 g/mol. The van der Waals surface area contributed by atoms with E-state index in [1.165, 1.54) is 19.2 Å². The summed E-state index contributed by atoms with van der Waals surface area (Å²) in [7, 11) is 1.53. The van der Waals surface area contributed by atoms with Gasteiger partial charge >= 0.3 is 5.97 Å². The van der Waals surface area contributed by atoms with Crippen LogP contribution >= 0.6 is 0 Å². The lowest BCUT2D eigenvalue weighted by molar-refractivity contribution is 0.0389. The molecule has 5 nitrogen and oxygen atoms in total. The largest absolute Gasteiger partial charge is 0.507 e. The summed E-state index contributed by atoms with van der Waals surface area (Å²) < 4.78 is 25.7. The second-order valence-electron chi connectivity index (χ2n) is 6.74. The van der Waals surface area contributed by atoms with Crippen molar-refractivity contribution in [3.63, 3.8) is 0 Å². The molecule has 148 valence electrons. The van der Waals surface area contributed by atoms with Crippen molar-refractivity contribution in [1.82, 2.24) is 4.57 Å². The van der Waals surface area contributed by atoms with Gasteiger partial charge in [0.15, 0.2) is 0 Å². The van der Waals surface area contributed by atoms with Crippen LogP contribution in [0.3, 0.4) is 0 Å². The van der Waals surface area contributed by atoms with Crippen LogP contribution in [0.2, 0.25) is 0 Å². The molecule has 1 aromatic heterocycles. The first-order chi connectivity index (χ1) is 14.0. The van der Waals surface area contributed by atoms with E-state index in [1.807, 2.05) is 35.8 Å². The van der Waals surface area contributed by atoms with E-state index in [9.17, 15) is 14.3 Å². The van der Waals surface area contributed by atoms with Crippen molar-refractivity contribution in [2.24, 2.45) is 0 Å². The number of aromatic nitrogens is 1. The maximum Gasteiger partial charge on any atom is 0.340 e. The number of phenolic OH excluding ortho intramolecular Hbond substituents is 1. The van der Waals surface area contributed by atoms with Crippen LogP contribution in [-0.2, 0) is 9.47 Å². The normalized spacial score (nSPS) is 11.3. The fourth-order valence-electron chi connectivity index (χ4n) is 3.71. The van der Waals surface area contributed by atoms with Crippen LogP contribution in [0.15, 0.2) is 54.6 Å². The van der Waals surface area contributed by atoms with E-state index in [-0.39, 0.29) is 24.8 Å². The molecule has 0 saturated heterocycles. The smallest absolute Gasteiger partial charge is 0.340 e. The number of fused-ring (bicyclic) bond motifs is 3. The molecule has 0 spiro atoms. The molecule has 0 amide bonds. The summed E-state index contributed by atoms with van der Waals surface area (Å²) in [6.07, 6.45) is 0. The number of ether oxygens (including phenoxy) is 2. The second-order valence-corrected chi connectivity index (χ2v) is 6.74. The number of benzene rings is 3. The van der Waals surface area contributed by atoms with E-state index < -0.39 is 5.97 Å². The van der Waals surface area contributed by atoms with E-state index in [0.717, 1.165) is 10.9 Å². The average Bonchev–Trinajstić information content (AvgIpc) is 3.01. The Bertz CT molecular complexity index is 1210. The van der Waals surface area contributed by atoms with Crippen molar-refractivity contribution in [1.29, 1.82) is 0 Å². The third kappa shape index (κ3) is 3.21. The molecule has 0 bridgehead atoms. The minimum atomic E-state index is -0.500. The second kappa shape index (κ2) is 7.56. The molecule has 0 unspecified atom stereocenters. The van der Waals surface area contributed by atoms with Gasteiger partial charge in [0.1, 0.15) is 18.2 Å². The van der Waals surface area contributed by atoms with Crippen molar-refractivity contribution in [3.05, 3.63) is 71.7 Å². The number of hydrogen-bond donors (Lipinski definition) is 1. The van der Waals surface area contributed by atoms with E-state index in [0.29, 0.717) is 27.7 Å². The van der Waals surface area contributed by atoms with Gasteiger partial charge in [-0.1, -0.05) is 24.3 Å². The summed E-state index contributed by atoms with van der Waals surface area (Å²) in [6, 6.07) is 15.1. The van der Waals surface area contributed by atoms with Crippen LogP contribution < -0.4 is 0 Å². The molecule has 29 heavy (non-hydrogen) atoms. The Balaban J connectivity index is 2.05. The van der Waals surface area contributed by atoms with Crippen LogP contribution in [0, 0.1) is 12.7 Å². The van der Waals surface area contributed by atoms with Gasteiger partial charge in [-0.15, -0.1) is 0 Å². The number of esters is 1. The van der Waals surface area contributed by atoms with Gasteiger partial charge in [-0.05, 0) is 37.3 Å². The molecular weight excluding hydrogens is 373 g/mol. The minimum absolute atomic E-state index is 0.0790. The van der Waals surface area contributed by atoms with Crippen molar-refractivity contribution in [3.8, 4) is 11.4 Å². The fraction of sp³-hybridized carbons (Fsp3) is 0.174. The molecule has 0 aliphatic heterocycles. The molecule has 0 radical (unpaired) electrons. The molecule has 4 rings (SSSR count). The Morgan fingerprint density at radius 3 is 2.41 bits per heavy atom. The quantitative estimate of drug-likeness (QED) is 0.393. The summed E-state index contributed by atoms with van der Waals surface area (Å²) >= 11 is 0. The highest BCUT2D eigenvalue weighted by Gasteiger charge is 2.24. The Morgan fingerprint density at radius 1 is 1.03 bits per heavy atom. The lowest BCUT2D eigenvalue weighted by Crippen LogP contribution is -2.11. The number of nitrogens with zero attached hydrogens (tertiary/aromatic N) is 1. The first kappa shape index (κ1) is 19.0. The molecule has 0 aliphatic carbocycles. The highest BCUT2D eigenvalue weighted by atomic mass is 19.1. The van der Waals surface area contributed by atoms with Crippen LogP contribution in [0.5, 0.6) is 5.75 Å². The predicted octanol–water partition coefficient (Wildman–Crippen LogP) is 4.74. The number of phenols is 1. The number of rotatable bonds is 5. The van der Waals surface area contributed by atoms with Gasteiger partial charge in [0.25, 0.3) is 0 Å². The molecule has 0 fully saturated rings. The summed E-state index contributed by atoms with van der Waals surface area (Å²) in [5.41, 5.74) is 2.47. The monoisotopic (exact) mass is 393 g/mol. The Kier molecular flexibility index (Phi) is 4.94. The van der Waals surface area contributed by atoms with Crippen molar-refractivity contribution < 1.29 is 23.8 Å². The lowest BCUT2D eigenvalue weighted by atomic mass is 10.0. The molecule has 0 atom stereocenters. The summed E-state index contributed by atoms with van der Waals surface area (Å²) in [4.78, 5) is 12.9. The molecule has 1 N–H and O–H groups in total. The van der Waals surface area contributed by atoms with Crippen LogP contribution in [0.4, 0.5) is 4.39 Å². The maximum atomic E-state index is 13.5. The summed E-state index contributed by atoms with van der Waals surface area (Å²) in [5.74, 6) is -0.764. The standard InChI is InChI=1S/C23H20FNO4/c1-14-21(23(27)29-12-11-28-2)19-13-20(26)17-5-3-4-6-18(17)22(19)25(14)16-9-7-15(24)8-10-16/h3-10,13,26H,11-12H2,1-2H3. The maximum absolute atomic E-state index is 13.5. The van der Waals surface area contributed by atoms with Gasteiger partial charge in [0, 0.05) is 34.6 Å². The van der Waals surface area contributed by atoms with Crippen molar-refractivity contribution in [2.75, 3.05) is 20.3 Å². The van der Waals surface area contributed by atoms with Gasteiger partial charge in [-0.25, -0.2) is 9.18 Å². The number of carbonyl (C=O) groups is 1. The fourth-order valence-corrected chi connectivity index (χ4v) is 3.71. The summed E-state index contributed by atoms with van der Waals surface area (Å²) in [5, 5.41) is 12.6. The van der Waals surface area contributed by atoms with E-state index in [4.69, 9.17) is 9.47 Å². The highest BCUT2D eigenvalue weighted by molar-refractivity contribution is 6.16. The summed E-state index contributed by atoms with van der Waals surface area (Å²) in [6.45, 7) is 2.22. The molecule has 0 aliphatic rings. The molecule has 6 heteroatoms. The van der Waals surface area contributed by atoms with E-state index in [1.54, 1.807) is 18.2 Å². The molecule has 1 heterocycles. The van der Waals surface area contributed by atoms with Crippen LogP contribution in [-0.4, -0.2) is 36.0 Å². The third-order valence-electron chi connectivity index (χ3n) is 4.99. The lowest BCUT2D eigenvalue weighted by Gasteiger charge is -2.11. The molecule has 3 aromatic carbocycles. The van der Waals surface area contributed by atoms with Crippen molar-refractivity contribution >= 4 is 27.6 Å². The number of aromatic hydroxyl groups is 1. The number of hydrogen-bond acceptors (Lipinski definition) is 4. The van der Waals surface area contributed by atoms with Crippen molar-refractivity contribution in [2.45, 2.75) is 6.92 Å². The molecular formula is C23H20FNO4. The SMILES string of the molecule is COCCOC(=O)c1c(C)n(-c2ccc(F)cc2)c2c1cc(O)c1ccccc12. The number of methoxy groups -OCH3 is 1. The van der Waals surface area contributed by atoms with Gasteiger partial charge in [-0.3, -0.25) is 0 Å². The van der Waals surface area contributed by atoms with Gasteiger partial charge < -0.3 is 19.1 Å². The third-order valence-corrected chi connectivity index (χ3v) is 4.99. The zero-order valence-corrected chi connectivity index (χ0v) is 16.1. The topological polar surface area (TPSA) is 60.7 Å². The Hall–Kier alpha value is -3.38. The van der Waals surface area contributed by atoms with E-state index in [2.05, 4.69) is 0 Å². The molecule has 0 saturated carbocycles. The van der Waals surface area contributed by atoms with Gasteiger partial charge in [0.05, 0.1) is 17.7 Å². The number of halogens is 1.